The number of nitrogens with one attached hydrogen (secondary N) is 1. The minimum Gasteiger partial charge on any atom is -0.382 e. The Bertz CT molecular complexity index is 506. The van der Waals surface area contributed by atoms with Gasteiger partial charge in [0.1, 0.15) is 5.82 Å². The molecule has 0 aliphatic carbocycles. The third kappa shape index (κ3) is 4.87. The van der Waals surface area contributed by atoms with E-state index >= 15 is 0 Å². The molecule has 0 saturated heterocycles. The molecule has 0 radical (unpaired) electrons. The quantitative estimate of drug-likeness (QED) is 0.700. The van der Waals surface area contributed by atoms with Crippen LogP contribution in [0.3, 0.4) is 0 Å². The van der Waals surface area contributed by atoms with Crippen molar-refractivity contribution in [3.8, 4) is 0 Å². The molecule has 108 valence electrons. The maximum Gasteiger partial charge on any atom is 0.240 e. The minimum atomic E-state index is -3.74. The first-order valence-corrected chi connectivity index (χ1v) is 7.55. The Balaban J connectivity index is 2.74. The monoisotopic (exact) mass is 290 g/mol. The van der Waals surface area contributed by atoms with Gasteiger partial charge >= 0.3 is 0 Å². The van der Waals surface area contributed by atoms with E-state index in [0.29, 0.717) is 25.2 Å². The summed E-state index contributed by atoms with van der Waals surface area (Å²) >= 11 is 0. The number of nitrogens with two attached hydrogens (primary N) is 1. The lowest BCUT2D eigenvalue weighted by molar-refractivity contribution is 0.146. The highest BCUT2D eigenvalue weighted by Gasteiger charge is 2.18. The molecular weight excluding hydrogens is 271 g/mol. The van der Waals surface area contributed by atoms with E-state index in [1.54, 1.807) is 0 Å². The normalized spacial score (nSPS) is 11.7. The second-order valence-electron chi connectivity index (χ2n) is 3.90. The molecule has 0 atom stereocenters. The molecular formula is C12H19FN2O3S. The van der Waals surface area contributed by atoms with Crippen molar-refractivity contribution in [1.29, 1.82) is 0 Å². The zero-order chi connectivity index (χ0) is 14.3. The SMILES string of the molecule is CCOCCCNS(=O)(=O)c1cc(F)ccc1CN. The maximum atomic E-state index is 13.1. The minimum absolute atomic E-state index is 0.0372. The van der Waals surface area contributed by atoms with Crippen molar-refractivity contribution >= 4 is 10.0 Å². The van der Waals surface area contributed by atoms with Gasteiger partial charge in [-0.3, -0.25) is 0 Å². The summed E-state index contributed by atoms with van der Waals surface area (Å²) in [5, 5.41) is 0. The van der Waals surface area contributed by atoms with E-state index < -0.39 is 15.8 Å². The van der Waals surface area contributed by atoms with Crippen molar-refractivity contribution in [3.63, 3.8) is 0 Å². The van der Waals surface area contributed by atoms with Crippen LogP contribution >= 0.6 is 0 Å². The van der Waals surface area contributed by atoms with Crippen LogP contribution in [0.1, 0.15) is 18.9 Å². The smallest absolute Gasteiger partial charge is 0.240 e. The summed E-state index contributed by atoms with van der Waals surface area (Å²) in [7, 11) is -3.74. The van der Waals surface area contributed by atoms with Gasteiger partial charge in [-0.2, -0.15) is 0 Å². The summed E-state index contributed by atoms with van der Waals surface area (Å²) in [6, 6.07) is 3.55. The molecule has 0 aliphatic rings. The van der Waals surface area contributed by atoms with Crippen molar-refractivity contribution in [1.82, 2.24) is 4.72 Å². The van der Waals surface area contributed by atoms with Crippen LogP contribution < -0.4 is 10.5 Å². The average molecular weight is 290 g/mol. The fourth-order valence-corrected chi connectivity index (χ4v) is 2.88. The van der Waals surface area contributed by atoms with Gasteiger partial charge in [-0.15, -0.1) is 0 Å². The zero-order valence-electron chi connectivity index (χ0n) is 10.9. The summed E-state index contributed by atoms with van der Waals surface area (Å²) in [6.45, 7) is 3.21. The maximum absolute atomic E-state index is 13.1. The predicted octanol–water partition coefficient (Wildman–Crippen LogP) is 0.989. The van der Waals surface area contributed by atoms with Crippen molar-refractivity contribution < 1.29 is 17.5 Å². The van der Waals surface area contributed by atoms with Crippen LogP contribution in [0.5, 0.6) is 0 Å². The number of benzene rings is 1. The Kier molecular flexibility index (Phi) is 6.36. The molecule has 0 spiro atoms. The molecule has 0 aliphatic heterocycles. The van der Waals surface area contributed by atoms with E-state index in [1.165, 1.54) is 12.1 Å². The summed E-state index contributed by atoms with van der Waals surface area (Å²) in [6.07, 6.45) is 0.556. The lowest BCUT2D eigenvalue weighted by atomic mass is 10.2. The second-order valence-corrected chi connectivity index (χ2v) is 5.64. The Morgan fingerprint density at radius 1 is 1.42 bits per heavy atom. The lowest BCUT2D eigenvalue weighted by Gasteiger charge is -2.10. The highest BCUT2D eigenvalue weighted by molar-refractivity contribution is 7.89. The fraction of sp³-hybridized carbons (Fsp3) is 0.500. The predicted molar refractivity (Wildman–Crippen MR) is 70.6 cm³/mol. The second kappa shape index (κ2) is 7.54. The Morgan fingerprint density at radius 3 is 2.79 bits per heavy atom. The molecule has 1 aromatic rings. The zero-order valence-corrected chi connectivity index (χ0v) is 11.7. The van der Waals surface area contributed by atoms with Crippen LogP contribution in [0.4, 0.5) is 4.39 Å². The molecule has 0 aromatic heterocycles. The van der Waals surface area contributed by atoms with E-state index in [9.17, 15) is 12.8 Å². The fourth-order valence-electron chi connectivity index (χ4n) is 1.55. The topological polar surface area (TPSA) is 81.4 Å². The van der Waals surface area contributed by atoms with Crippen LogP contribution in [0.2, 0.25) is 0 Å². The summed E-state index contributed by atoms with van der Waals surface area (Å²) in [5.41, 5.74) is 5.84. The van der Waals surface area contributed by atoms with E-state index in [1.807, 2.05) is 6.92 Å². The van der Waals surface area contributed by atoms with E-state index in [4.69, 9.17) is 10.5 Å². The number of halogens is 1. The number of hydrogen-bond acceptors (Lipinski definition) is 4. The Labute approximate surface area is 113 Å². The molecule has 0 saturated carbocycles. The van der Waals surface area contributed by atoms with Gasteiger partial charge in [0.25, 0.3) is 0 Å². The Morgan fingerprint density at radius 2 is 2.16 bits per heavy atom. The third-order valence-electron chi connectivity index (χ3n) is 2.50. The van der Waals surface area contributed by atoms with E-state index in [2.05, 4.69) is 4.72 Å². The van der Waals surface area contributed by atoms with Crippen molar-refractivity contribution in [2.45, 2.75) is 24.8 Å². The highest BCUT2D eigenvalue weighted by atomic mass is 32.2. The third-order valence-corrected chi connectivity index (χ3v) is 4.04. The van der Waals surface area contributed by atoms with Gasteiger partial charge in [0, 0.05) is 26.3 Å². The van der Waals surface area contributed by atoms with E-state index in [-0.39, 0.29) is 18.0 Å². The first-order valence-electron chi connectivity index (χ1n) is 6.07. The molecule has 1 rings (SSSR count). The number of ether oxygens (including phenoxy) is 1. The summed E-state index contributed by atoms with van der Waals surface area (Å²) in [5.74, 6) is -0.605. The number of hydrogen-bond donors (Lipinski definition) is 2. The number of rotatable bonds is 8. The highest BCUT2D eigenvalue weighted by Crippen LogP contribution is 2.16. The van der Waals surface area contributed by atoms with Crippen LogP contribution in [-0.2, 0) is 21.3 Å². The molecule has 0 heterocycles. The molecule has 1 aromatic carbocycles. The van der Waals surface area contributed by atoms with Crippen molar-refractivity contribution in [2.75, 3.05) is 19.8 Å². The number of sulfonamides is 1. The van der Waals surface area contributed by atoms with Gasteiger partial charge in [-0.25, -0.2) is 17.5 Å². The summed E-state index contributed by atoms with van der Waals surface area (Å²) in [4.78, 5) is -0.105. The van der Waals surface area contributed by atoms with Crippen molar-refractivity contribution in [3.05, 3.63) is 29.6 Å². The van der Waals surface area contributed by atoms with Gasteiger partial charge in [0.15, 0.2) is 0 Å². The van der Waals surface area contributed by atoms with Gasteiger partial charge in [0.2, 0.25) is 10.0 Å². The standard InChI is InChI=1S/C12H19FN2O3S/c1-2-18-7-3-6-15-19(16,17)12-8-11(13)5-4-10(12)9-14/h4-5,8,15H,2-3,6-7,9,14H2,1H3. The average Bonchev–Trinajstić information content (AvgIpc) is 2.38. The molecule has 3 N–H and O–H groups in total. The van der Waals surface area contributed by atoms with E-state index in [0.717, 1.165) is 6.07 Å². The van der Waals surface area contributed by atoms with Crippen LogP contribution in [0.25, 0.3) is 0 Å². The lowest BCUT2D eigenvalue weighted by Crippen LogP contribution is -2.27. The molecule has 0 bridgehead atoms. The molecule has 0 fully saturated rings. The summed E-state index contributed by atoms with van der Waals surface area (Å²) < 4.78 is 44.7. The van der Waals surface area contributed by atoms with Gasteiger partial charge in [-0.05, 0) is 31.0 Å². The first kappa shape index (κ1) is 16.0. The Hall–Kier alpha value is -1.02. The molecule has 5 nitrogen and oxygen atoms in total. The molecule has 7 heteroatoms. The van der Waals surface area contributed by atoms with Crippen LogP contribution in [0, 0.1) is 5.82 Å². The van der Waals surface area contributed by atoms with Gasteiger partial charge in [-0.1, -0.05) is 6.07 Å². The van der Waals surface area contributed by atoms with Crippen molar-refractivity contribution in [2.24, 2.45) is 5.73 Å². The molecule has 0 unspecified atom stereocenters. The van der Waals surface area contributed by atoms with Gasteiger partial charge in [0.05, 0.1) is 4.90 Å². The largest absolute Gasteiger partial charge is 0.382 e. The first-order chi connectivity index (χ1) is 9.01. The van der Waals surface area contributed by atoms with Crippen LogP contribution in [0.15, 0.2) is 23.1 Å². The molecule has 19 heavy (non-hydrogen) atoms. The van der Waals surface area contributed by atoms with Crippen LogP contribution in [-0.4, -0.2) is 28.2 Å². The molecule has 0 amide bonds. The van der Waals surface area contributed by atoms with Gasteiger partial charge < -0.3 is 10.5 Å².